The Balaban J connectivity index is 2.04. The number of carbonyl (C=O) groups excluding carboxylic acids is 1. The highest BCUT2D eigenvalue weighted by Crippen LogP contribution is 2.26. The average Bonchev–Trinajstić information content (AvgIpc) is 3.02. The molecule has 0 fully saturated rings. The summed E-state index contributed by atoms with van der Waals surface area (Å²) < 4.78 is 3.12. The summed E-state index contributed by atoms with van der Waals surface area (Å²) in [6, 6.07) is 12.1. The molecule has 0 spiro atoms. The van der Waals surface area contributed by atoms with Gasteiger partial charge < -0.3 is 10.2 Å². The molecule has 3 rings (SSSR count). The fourth-order valence-electron chi connectivity index (χ4n) is 3.39. The molecule has 0 unspecified atom stereocenters. The standard InChI is InChI=1S/C23H29BrN4O/c1-6-19-22(27(7-2)14-16-9-8-10-18(24)13-16)28-15-17(11-12-20(28)25-19)21(29)26-23(3,4)5/h8-13,15H,6-7,14H2,1-5H3,(H,26,29). The zero-order valence-corrected chi connectivity index (χ0v) is 19.4. The maximum absolute atomic E-state index is 12.7. The highest BCUT2D eigenvalue weighted by molar-refractivity contribution is 9.10. The zero-order chi connectivity index (χ0) is 21.2. The Labute approximate surface area is 181 Å². The van der Waals surface area contributed by atoms with Crippen molar-refractivity contribution in [1.29, 1.82) is 0 Å². The van der Waals surface area contributed by atoms with Crippen molar-refractivity contribution in [3.63, 3.8) is 0 Å². The summed E-state index contributed by atoms with van der Waals surface area (Å²) in [4.78, 5) is 19.8. The van der Waals surface area contributed by atoms with Crippen molar-refractivity contribution in [2.24, 2.45) is 0 Å². The van der Waals surface area contributed by atoms with E-state index in [4.69, 9.17) is 4.98 Å². The second-order valence-electron chi connectivity index (χ2n) is 8.23. The normalized spacial score (nSPS) is 11.7. The van der Waals surface area contributed by atoms with Crippen LogP contribution in [0.1, 0.15) is 56.2 Å². The monoisotopic (exact) mass is 456 g/mol. The van der Waals surface area contributed by atoms with Crippen LogP contribution in [-0.2, 0) is 13.0 Å². The highest BCUT2D eigenvalue weighted by Gasteiger charge is 2.20. The van der Waals surface area contributed by atoms with Gasteiger partial charge in [-0.3, -0.25) is 9.20 Å². The van der Waals surface area contributed by atoms with E-state index in [-0.39, 0.29) is 11.4 Å². The van der Waals surface area contributed by atoms with Gasteiger partial charge in [0.1, 0.15) is 11.5 Å². The number of aromatic nitrogens is 2. The average molecular weight is 457 g/mol. The SMILES string of the molecule is CCc1nc2ccc(C(=O)NC(C)(C)C)cn2c1N(CC)Cc1cccc(Br)c1. The van der Waals surface area contributed by atoms with E-state index in [0.29, 0.717) is 5.56 Å². The zero-order valence-electron chi connectivity index (χ0n) is 17.8. The van der Waals surface area contributed by atoms with Crippen LogP contribution in [0.15, 0.2) is 47.1 Å². The lowest BCUT2D eigenvalue weighted by atomic mass is 10.1. The number of hydrogen-bond donors (Lipinski definition) is 1. The molecule has 0 bridgehead atoms. The molecule has 0 saturated heterocycles. The van der Waals surface area contributed by atoms with E-state index in [1.54, 1.807) is 0 Å². The van der Waals surface area contributed by atoms with Crippen molar-refractivity contribution < 1.29 is 4.79 Å². The minimum atomic E-state index is -0.283. The number of rotatable bonds is 6. The molecule has 0 aliphatic heterocycles. The molecule has 6 heteroatoms. The number of amides is 1. The van der Waals surface area contributed by atoms with E-state index in [1.165, 1.54) is 5.56 Å². The molecule has 0 aliphatic carbocycles. The molecule has 2 heterocycles. The summed E-state index contributed by atoms with van der Waals surface area (Å²) in [5.74, 6) is 0.975. The van der Waals surface area contributed by atoms with Gasteiger partial charge in [0.2, 0.25) is 0 Å². The largest absolute Gasteiger partial charge is 0.352 e. The molecular formula is C23H29BrN4O. The van der Waals surface area contributed by atoms with Gasteiger partial charge in [0.25, 0.3) is 5.91 Å². The first-order chi connectivity index (χ1) is 13.7. The first kappa shape index (κ1) is 21.4. The molecule has 0 radical (unpaired) electrons. The Morgan fingerprint density at radius 3 is 2.59 bits per heavy atom. The van der Waals surface area contributed by atoms with Crippen LogP contribution in [0.25, 0.3) is 5.65 Å². The van der Waals surface area contributed by atoms with Crippen LogP contribution >= 0.6 is 15.9 Å². The van der Waals surface area contributed by atoms with Gasteiger partial charge in [0.15, 0.2) is 0 Å². The third-order valence-electron chi connectivity index (χ3n) is 4.69. The number of fused-ring (bicyclic) bond motifs is 1. The lowest BCUT2D eigenvalue weighted by Crippen LogP contribution is -2.40. The predicted octanol–water partition coefficient (Wildman–Crippen LogP) is 5.21. The molecule has 29 heavy (non-hydrogen) atoms. The minimum absolute atomic E-state index is 0.0767. The Morgan fingerprint density at radius 2 is 1.97 bits per heavy atom. The van der Waals surface area contributed by atoms with Crippen LogP contribution in [0.5, 0.6) is 0 Å². The van der Waals surface area contributed by atoms with E-state index in [9.17, 15) is 4.79 Å². The number of carbonyl (C=O) groups is 1. The topological polar surface area (TPSA) is 49.6 Å². The van der Waals surface area contributed by atoms with Gasteiger partial charge in [-0.1, -0.05) is 35.0 Å². The highest BCUT2D eigenvalue weighted by atomic mass is 79.9. The lowest BCUT2D eigenvalue weighted by molar-refractivity contribution is 0.0919. The number of aryl methyl sites for hydroxylation is 1. The second kappa shape index (κ2) is 8.57. The summed E-state index contributed by atoms with van der Waals surface area (Å²) in [6.45, 7) is 11.8. The van der Waals surface area contributed by atoms with Gasteiger partial charge >= 0.3 is 0 Å². The number of nitrogens with zero attached hydrogens (tertiary/aromatic N) is 3. The lowest BCUT2D eigenvalue weighted by Gasteiger charge is -2.24. The minimum Gasteiger partial charge on any atom is -0.352 e. The van der Waals surface area contributed by atoms with E-state index < -0.39 is 0 Å². The quantitative estimate of drug-likeness (QED) is 0.553. The number of benzene rings is 1. The van der Waals surface area contributed by atoms with Crippen molar-refractivity contribution >= 4 is 33.3 Å². The number of anilines is 1. The van der Waals surface area contributed by atoms with Crippen LogP contribution in [0.4, 0.5) is 5.82 Å². The molecule has 0 saturated carbocycles. The Morgan fingerprint density at radius 1 is 1.21 bits per heavy atom. The van der Waals surface area contributed by atoms with Crippen molar-refractivity contribution in [1.82, 2.24) is 14.7 Å². The molecule has 154 valence electrons. The van der Waals surface area contributed by atoms with Crippen LogP contribution in [0.3, 0.4) is 0 Å². The van der Waals surface area contributed by atoms with Gasteiger partial charge in [0.05, 0.1) is 11.3 Å². The Kier molecular flexibility index (Phi) is 6.32. The van der Waals surface area contributed by atoms with Gasteiger partial charge in [-0.05, 0) is 63.9 Å². The van der Waals surface area contributed by atoms with Gasteiger partial charge in [-0.2, -0.15) is 0 Å². The van der Waals surface area contributed by atoms with E-state index in [1.807, 2.05) is 45.2 Å². The van der Waals surface area contributed by atoms with Crippen molar-refractivity contribution in [2.45, 2.75) is 53.1 Å². The summed E-state index contributed by atoms with van der Waals surface area (Å²) in [5, 5.41) is 3.04. The molecule has 1 aromatic carbocycles. The molecule has 1 N–H and O–H groups in total. The predicted molar refractivity (Wildman–Crippen MR) is 123 cm³/mol. The molecule has 2 aromatic heterocycles. The van der Waals surface area contributed by atoms with E-state index in [2.05, 4.69) is 62.6 Å². The van der Waals surface area contributed by atoms with Crippen molar-refractivity contribution in [2.75, 3.05) is 11.4 Å². The Bertz CT molecular complexity index is 1020. The van der Waals surface area contributed by atoms with Crippen LogP contribution in [0.2, 0.25) is 0 Å². The number of nitrogens with one attached hydrogen (secondary N) is 1. The maximum Gasteiger partial charge on any atom is 0.253 e. The fraction of sp³-hybridized carbons (Fsp3) is 0.391. The van der Waals surface area contributed by atoms with Crippen molar-refractivity contribution in [3.8, 4) is 0 Å². The first-order valence-corrected chi connectivity index (χ1v) is 10.8. The summed E-state index contributed by atoms with van der Waals surface area (Å²) in [6.07, 6.45) is 2.73. The first-order valence-electron chi connectivity index (χ1n) is 10.0. The third kappa shape index (κ3) is 4.99. The third-order valence-corrected chi connectivity index (χ3v) is 5.19. The number of imidazole rings is 1. The summed E-state index contributed by atoms with van der Waals surface area (Å²) in [5.41, 5.74) is 3.47. The smallest absolute Gasteiger partial charge is 0.253 e. The van der Waals surface area contributed by atoms with Gasteiger partial charge in [-0.25, -0.2) is 4.98 Å². The molecular weight excluding hydrogens is 428 g/mol. The Hall–Kier alpha value is -2.34. The maximum atomic E-state index is 12.7. The molecule has 0 atom stereocenters. The summed E-state index contributed by atoms with van der Waals surface area (Å²) >= 11 is 3.56. The number of pyridine rings is 1. The van der Waals surface area contributed by atoms with Crippen LogP contribution < -0.4 is 10.2 Å². The second-order valence-corrected chi connectivity index (χ2v) is 9.15. The van der Waals surface area contributed by atoms with E-state index in [0.717, 1.165) is 41.1 Å². The van der Waals surface area contributed by atoms with Crippen LogP contribution in [0, 0.1) is 0 Å². The molecule has 5 nitrogen and oxygen atoms in total. The molecule has 3 aromatic rings. The molecule has 1 amide bonds. The van der Waals surface area contributed by atoms with Gasteiger partial charge in [-0.15, -0.1) is 0 Å². The number of halogens is 1. The van der Waals surface area contributed by atoms with E-state index >= 15 is 0 Å². The number of hydrogen-bond acceptors (Lipinski definition) is 3. The van der Waals surface area contributed by atoms with Crippen molar-refractivity contribution in [3.05, 3.63) is 63.9 Å². The van der Waals surface area contributed by atoms with Gasteiger partial charge in [0, 0.05) is 29.3 Å². The van der Waals surface area contributed by atoms with Crippen LogP contribution in [-0.4, -0.2) is 27.4 Å². The summed E-state index contributed by atoms with van der Waals surface area (Å²) in [7, 11) is 0. The fourth-order valence-corrected chi connectivity index (χ4v) is 3.84. The molecule has 0 aliphatic rings.